The van der Waals surface area contributed by atoms with Gasteiger partial charge in [-0.15, -0.1) is 12.4 Å². The Balaban J connectivity index is 0.00000304. The summed E-state index contributed by atoms with van der Waals surface area (Å²) in [7, 11) is 1.73. The molecule has 10 heteroatoms. The molecule has 2 saturated carbocycles. The molecule has 2 amide bonds. The summed E-state index contributed by atoms with van der Waals surface area (Å²) in [6.07, 6.45) is 8.44. The Kier molecular flexibility index (Phi) is 7.68. The summed E-state index contributed by atoms with van der Waals surface area (Å²) in [6.45, 7) is 1.92. The minimum absolute atomic E-state index is 0. The summed E-state index contributed by atoms with van der Waals surface area (Å²) < 4.78 is 1.54. The van der Waals surface area contributed by atoms with E-state index >= 15 is 0 Å². The molecule has 2 aromatic heterocycles. The number of benzene rings is 1. The van der Waals surface area contributed by atoms with E-state index in [2.05, 4.69) is 25.9 Å². The zero-order valence-electron chi connectivity index (χ0n) is 20.7. The number of aromatic nitrogens is 4. The van der Waals surface area contributed by atoms with Crippen molar-refractivity contribution in [3.05, 3.63) is 47.9 Å². The Hall–Kier alpha value is -3.33. The van der Waals surface area contributed by atoms with Gasteiger partial charge in [-0.3, -0.25) is 19.4 Å². The third kappa shape index (κ3) is 4.97. The molecule has 5 N–H and O–H groups in total. The van der Waals surface area contributed by atoms with E-state index in [4.69, 9.17) is 5.73 Å². The molecule has 192 valence electrons. The van der Waals surface area contributed by atoms with Crippen LogP contribution in [-0.2, 0) is 11.8 Å². The topological polar surface area (TPSA) is 131 Å². The fourth-order valence-electron chi connectivity index (χ4n) is 5.48. The zero-order valence-corrected chi connectivity index (χ0v) is 21.5. The zero-order chi connectivity index (χ0) is 24.5. The minimum atomic E-state index is -0.598. The van der Waals surface area contributed by atoms with Crippen LogP contribution in [0, 0.1) is 24.7 Å². The summed E-state index contributed by atoms with van der Waals surface area (Å²) in [4.78, 5) is 26.8. The van der Waals surface area contributed by atoms with Crippen LogP contribution in [0.4, 0.5) is 11.5 Å². The second-order valence-electron chi connectivity index (χ2n) is 9.93. The fourth-order valence-corrected chi connectivity index (χ4v) is 5.48. The van der Waals surface area contributed by atoms with Crippen molar-refractivity contribution in [2.24, 2.45) is 24.8 Å². The lowest BCUT2D eigenvalue weighted by Gasteiger charge is -2.46. The second kappa shape index (κ2) is 10.7. The Morgan fingerprint density at radius 1 is 1.08 bits per heavy atom. The SMILES string of the molecule is Cc1[nH]nc(N)c1-c1ccc(NC(=O)[C@@H](NC(=O)c2ccnn2C)C(C2CCC2)C2CCC2)cc1.Cl. The lowest BCUT2D eigenvalue weighted by molar-refractivity contribution is -0.121. The van der Waals surface area contributed by atoms with E-state index in [9.17, 15) is 9.59 Å². The van der Waals surface area contributed by atoms with Gasteiger partial charge in [-0.25, -0.2) is 0 Å². The molecule has 0 saturated heterocycles. The first-order valence-electron chi connectivity index (χ1n) is 12.4. The first-order valence-corrected chi connectivity index (χ1v) is 12.4. The van der Waals surface area contributed by atoms with Crippen LogP contribution in [-0.4, -0.2) is 37.8 Å². The normalized spacial score (nSPS) is 16.5. The third-order valence-corrected chi connectivity index (χ3v) is 7.81. The third-order valence-electron chi connectivity index (χ3n) is 7.81. The van der Waals surface area contributed by atoms with E-state index in [1.807, 2.05) is 31.2 Å². The number of H-pyrrole nitrogens is 1. The highest BCUT2D eigenvalue weighted by atomic mass is 35.5. The monoisotopic (exact) mass is 511 g/mol. The number of aromatic amines is 1. The van der Waals surface area contributed by atoms with Gasteiger partial charge in [0.15, 0.2) is 5.82 Å². The Morgan fingerprint density at radius 3 is 2.19 bits per heavy atom. The Labute approximate surface area is 217 Å². The van der Waals surface area contributed by atoms with E-state index in [-0.39, 0.29) is 30.1 Å². The molecule has 0 bridgehead atoms. The molecule has 2 fully saturated rings. The Bertz CT molecular complexity index is 1180. The first-order chi connectivity index (χ1) is 16.9. The highest BCUT2D eigenvalue weighted by Gasteiger charge is 2.44. The lowest BCUT2D eigenvalue weighted by atomic mass is 9.62. The maximum atomic E-state index is 13.7. The molecule has 0 aliphatic heterocycles. The second-order valence-corrected chi connectivity index (χ2v) is 9.93. The number of nitrogens with two attached hydrogens (primary N) is 1. The van der Waals surface area contributed by atoms with Gasteiger partial charge in [0.2, 0.25) is 5.91 Å². The highest BCUT2D eigenvalue weighted by molar-refractivity contribution is 6.01. The van der Waals surface area contributed by atoms with Gasteiger partial charge < -0.3 is 16.4 Å². The van der Waals surface area contributed by atoms with Crippen molar-refractivity contribution in [2.45, 2.75) is 51.5 Å². The van der Waals surface area contributed by atoms with Crippen LogP contribution in [0.15, 0.2) is 36.5 Å². The van der Waals surface area contributed by atoms with Crippen LogP contribution < -0.4 is 16.4 Å². The highest BCUT2D eigenvalue weighted by Crippen LogP contribution is 2.46. The van der Waals surface area contributed by atoms with Crippen molar-refractivity contribution in [3.63, 3.8) is 0 Å². The fraction of sp³-hybridized carbons (Fsp3) is 0.462. The van der Waals surface area contributed by atoms with Crippen LogP contribution >= 0.6 is 12.4 Å². The molecular formula is C26H34ClN7O2. The molecule has 2 aliphatic rings. The summed E-state index contributed by atoms with van der Waals surface area (Å²) >= 11 is 0. The smallest absolute Gasteiger partial charge is 0.270 e. The summed E-state index contributed by atoms with van der Waals surface area (Å²) in [5.41, 5.74) is 9.80. The molecule has 2 aliphatic carbocycles. The molecular weight excluding hydrogens is 478 g/mol. The van der Waals surface area contributed by atoms with Gasteiger partial charge in [0.05, 0.1) is 0 Å². The van der Waals surface area contributed by atoms with Gasteiger partial charge in [-0.05, 0) is 48.4 Å². The number of anilines is 2. The average molecular weight is 512 g/mol. The summed E-state index contributed by atoms with van der Waals surface area (Å²) in [5.74, 6) is 1.09. The maximum absolute atomic E-state index is 13.7. The molecule has 0 spiro atoms. The molecule has 2 heterocycles. The van der Waals surface area contributed by atoms with Gasteiger partial charge in [0.25, 0.3) is 5.91 Å². The number of carbonyl (C=O) groups excluding carboxylic acids is 2. The number of amides is 2. The van der Waals surface area contributed by atoms with Crippen molar-refractivity contribution in [2.75, 3.05) is 11.1 Å². The van der Waals surface area contributed by atoms with Gasteiger partial charge in [-0.1, -0.05) is 50.7 Å². The largest absolute Gasteiger partial charge is 0.382 e. The first kappa shape index (κ1) is 25.8. The van der Waals surface area contributed by atoms with Crippen molar-refractivity contribution in [1.82, 2.24) is 25.3 Å². The molecule has 9 nitrogen and oxygen atoms in total. The van der Waals surface area contributed by atoms with E-state index in [0.29, 0.717) is 29.0 Å². The van der Waals surface area contributed by atoms with Crippen LogP contribution in [0.2, 0.25) is 0 Å². The van der Waals surface area contributed by atoms with E-state index < -0.39 is 6.04 Å². The molecule has 0 radical (unpaired) electrons. The standard InChI is InChI=1S/C26H33N7O2.ClH/c1-15-21(24(27)32-31-15)18-9-11-19(12-10-18)29-26(35)23(30-25(34)20-13-14-28-33(20)2)22(16-5-3-6-16)17-7-4-8-17;/h9-14,16-17,22-23H,3-8H2,1-2H3,(H,29,35)(H,30,34)(H3,27,31,32);1H/t23-;/m0./s1. The molecule has 5 rings (SSSR count). The van der Waals surface area contributed by atoms with Crippen LogP contribution in [0.3, 0.4) is 0 Å². The predicted molar refractivity (Wildman–Crippen MR) is 142 cm³/mol. The van der Waals surface area contributed by atoms with E-state index in [0.717, 1.165) is 42.5 Å². The molecule has 1 aromatic carbocycles. The molecule has 0 unspecified atom stereocenters. The number of aryl methyl sites for hydroxylation is 2. The minimum Gasteiger partial charge on any atom is -0.382 e. The number of nitrogen functional groups attached to an aromatic ring is 1. The van der Waals surface area contributed by atoms with Crippen molar-refractivity contribution >= 4 is 35.7 Å². The van der Waals surface area contributed by atoms with Crippen molar-refractivity contribution in [1.29, 1.82) is 0 Å². The number of hydrogen-bond acceptors (Lipinski definition) is 5. The molecule has 36 heavy (non-hydrogen) atoms. The van der Waals surface area contributed by atoms with Gasteiger partial charge in [-0.2, -0.15) is 10.2 Å². The number of rotatable bonds is 8. The van der Waals surface area contributed by atoms with E-state index in [1.165, 1.54) is 17.5 Å². The quantitative estimate of drug-likeness (QED) is 0.362. The number of nitrogens with zero attached hydrogens (tertiary/aromatic N) is 3. The van der Waals surface area contributed by atoms with Crippen molar-refractivity contribution in [3.8, 4) is 11.1 Å². The van der Waals surface area contributed by atoms with Crippen LogP contribution in [0.25, 0.3) is 11.1 Å². The number of carbonyl (C=O) groups is 2. The van der Waals surface area contributed by atoms with E-state index in [1.54, 1.807) is 19.3 Å². The summed E-state index contributed by atoms with van der Waals surface area (Å²) in [5, 5.41) is 17.2. The lowest BCUT2D eigenvalue weighted by Crippen LogP contribution is -2.54. The van der Waals surface area contributed by atoms with Gasteiger partial charge in [0, 0.05) is 30.2 Å². The molecule has 1 atom stereocenters. The number of hydrogen-bond donors (Lipinski definition) is 4. The predicted octanol–water partition coefficient (Wildman–Crippen LogP) is 4.08. The van der Waals surface area contributed by atoms with Gasteiger partial charge >= 0.3 is 0 Å². The Morgan fingerprint density at radius 2 is 1.72 bits per heavy atom. The van der Waals surface area contributed by atoms with Crippen LogP contribution in [0.1, 0.15) is 54.7 Å². The summed E-state index contributed by atoms with van der Waals surface area (Å²) in [6, 6.07) is 8.64. The van der Waals surface area contributed by atoms with Gasteiger partial charge in [0.1, 0.15) is 11.7 Å². The molecule has 3 aromatic rings. The average Bonchev–Trinajstić information content (AvgIpc) is 3.34. The van der Waals surface area contributed by atoms with Crippen LogP contribution in [0.5, 0.6) is 0 Å². The number of halogens is 1. The van der Waals surface area contributed by atoms with Crippen molar-refractivity contribution < 1.29 is 9.59 Å². The number of nitrogens with one attached hydrogen (secondary N) is 3. The maximum Gasteiger partial charge on any atom is 0.270 e.